The maximum absolute atomic E-state index is 12.4. The normalized spacial score (nSPS) is 12.1. The topological polar surface area (TPSA) is 98.8 Å². The number of esters is 1. The first kappa shape index (κ1) is 19.5. The molecule has 0 amide bonds. The van der Waals surface area contributed by atoms with Crippen molar-refractivity contribution in [2.24, 2.45) is 0 Å². The standard InChI is InChI=1S/C18H19NO6S/c1-12(25-18(21)14-5-4-6-16(11-14)24-2)17(20)13-7-9-15(10-8-13)19-26(3,22)23/h4-12,19H,1-3H3. The molecule has 0 heterocycles. The number of carbonyl (C=O) groups excluding carboxylic acids is 2. The number of Topliss-reactive ketones (excluding diaryl/α,β-unsaturated/α-hetero) is 1. The summed E-state index contributed by atoms with van der Waals surface area (Å²) in [7, 11) is -1.91. The van der Waals surface area contributed by atoms with Crippen LogP contribution in [0.1, 0.15) is 27.6 Å². The summed E-state index contributed by atoms with van der Waals surface area (Å²) < 4.78 is 34.9. The molecule has 0 saturated heterocycles. The van der Waals surface area contributed by atoms with E-state index in [4.69, 9.17) is 9.47 Å². The molecule has 138 valence electrons. The second-order valence-electron chi connectivity index (χ2n) is 5.60. The number of rotatable bonds is 7. The SMILES string of the molecule is COc1cccc(C(=O)OC(C)C(=O)c2ccc(NS(C)(=O)=O)cc2)c1. The molecule has 1 N–H and O–H groups in total. The molecule has 0 spiro atoms. The van der Waals surface area contributed by atoms with E-state index in [9.17, 15) is 18.0 Å². The minimum Gasteiger partial charge on any atom is -0.497 e. The summed E-state index contributed by atoms with van der Waals surface area (Å²) in [6.07, 6.45) is 0.0361. The molecule has 1 atom stereocenters. The second kappa shape index (κ2) is 8.01. The Balaban J connectivity index is 2.05. The number of methoxy groups -OCH3 is 1. The lowest BCUT2D eigenvalue weighted by Crippen LogP contribution is -2.24. The fraction of sp³-hybridized carbons (Fsp3) is 0.222. The zero-order valence-electron chi connectivity index (χ0n) is 14.6. The molecule has 0 aromatic heterocycles. The second-order valence-corrected chi connectivity index (χ2v) is 7.34. The fourth-order valence-corrected chi connectivity index (χ4v) is 2.75. The Bertz CT molecular complexity index is 906. The van der Waals surface area contributed by atoms with Crippen molar-refractivity contribution in [1.82, 2.24) is 0 Å². The number of anilines is 1. The molecule has 0 aliphatic rings. The van der Waals surface area contributed by atoms with Crippen LogP contribution < -0.4 is 9.46 Å². The van der Waals surface area contributed by atoms with Crippen molar-refractivity contribution in [3.8, 4) is 5.75 Å². The van der Waals surface area contributed by atoms with Gasteiger partial charge in [-0.1, -0.05) is 6.07 Å². The number of ether oxygens (including phenoxy) is 2. The lowest BCUT2D eigenvalue weighted by molar-refractivity contribution is 0.0318. The quantitative estimate of drug-likeness (QED) is 0.588. The third kappa shape index (κ3) is 5.32. The number of nitrogens with one attached hydrogen (secondary N) is 1. The van der Waals surface area contributed by atoms with E-state index in [0.717, 1.165) is 6.26 Å². The van der Waals surface area contributed by atoms with E-state index in [1.165, 1.54) is 44.4 Å². The summed E-state index contributed by atoms with van der Waals surface area (Å²) in [5, 5.41) is 0. The van der Waals surface area contributed by atoms with Gasteiger partial charge in [-0.3, -0.25) is 9.52 Å². The molecule has 7 nitrogen and oxygen atoms in total. The molecule has 1 unspecified atom stereocenters. The summed E-state index contributed by atoms with van der Waals surface area (Å²) >= 11 is 0. The summed E-state index contributed by atoms with van der Waals surface area (Å²) in [6.45, 7) is 1.48. The highest BCUT2D eigenvalue weighted by Gasteiger charge is 2.20. The summed E-state index contributed by atoms with van der Waals surface area (Å²) in [5.74, 6) is -0.528. The van der Waals surface area contributed by atoms with E-state index in [-0.39, 0.29) is 5.56 Å². The van der Waals surface area contributed by atoms with E-state index in [1.54, 1.807) is 18.2 Å². The highest BCUT2D eigenvalue weighted by Crippen LogP contribution is 2.16. The predicted molar refractivity (Wildman–Crippen MR) is 97.1 cm³/mol. The fourth-order valence-electron chi connectivity index (χ4n) is 2.18. The van der Waals surface area contributed by atoms with Gasteiger partial charge in [0.2, 0.25) is 15.8 Å². The molecule has 0 saturated carbocycles. The van der Waals surface area contributed by atoms with Gasteiger partial charge in [-0.25, -0.2) is 13.2 Å². The molecule has 0 fully saturated rings. The van der Waals surface area contributed by atoms with Crippen molar-refractivity contribution in [2.45, 2.75) is 13.0 Å². The van der Waals surface area contributed by atoms with E-state index < -0.39 is 27.9 Å². The molecule has 0 bridgehead atoms. The Labute approximate surface area is 152 Å². The van der Waals surface area contributed by atoms with Crippen LogP contribution >= 0.6 is 0 Å². The number of ketones is 1. The van der Waals surface area contributed by atoms with E-state index >= 15 is 0 Å². The molecular weight excluding hydrogens is 358 g/mol. The summed E-state index contributed by atoms with van der Waals surface area (Å²) in [6, 6.07) is 12.3. The van der Waals surface area contributed by atoms with E-state index in [0.29, 0.717) is 17.0 Å². The maximum Gasteiger partial charge on any atom is 0.338 e. The molecule has 0 aliphatic carbocycles. The largest absolute Gasteiger partial charge is 0.497 e. The molecule has 2 rings (SSSR count). The van der Waals surface area contributed by atoms with Gasteiger partial charge in [0.05, 0.1) is 18.9 Å². The highest BCUT2D eigenvalue weighted by atomic mass is 32.2. The van der Waals surface area contributed by atoms with Crippen molar-refractivity contribution in [2.75, 3.05) is 18.1 Å². The first-order chi connectivity index (χ1) is 12.2. The minimum absolute atomic E-state index is 0.275. The van der Waals surface area contributed by atoms with Crippen molar-refractivity contribution >= 4 is 27.5 Å². The Morgan fingerprint density at radius 1 is 1.04 bits per heavy atom. The zero-order valence-corrected chi connectivity index (χ0v) is 15.4. The van der Waals surface area contributed by atoms with Crippen molar-refractivity contribution in [3.63, 3.8) is 0 Å². The van der Waals surface area contributed by atoms with Gasteiger partial charge >= 0.3 is 5.97 Å². The third-order valence-corrected chi connectivity index (χ3v) is 4.04. The van der Waals surface area contributed by atoms with Gasteiger partial charge in [0.25, 0.3) is 0 Å². The highest BCUT2D eigenvalue weighted by molar-refractivity contribution is 7.92. The van der Waals surface area contributed by atoms with Gasteiger partial charge in [-0.2, -0.15) is 0 Å². The van der Waals surface area contributed by atoms with Gasteiger partial charge in [-0.15, -0.1) is 0 Å². The summed E-state index contributed by atoms with van der Waals surface area (Å²) in [4.78, 5) is 24.6. The zero-order chi connectivity index (χ0) is 19.3. The van der Waals surface area contributed by atoms with Crippen LogP contribution in [-0.4, -0.2) is 39.6 Å². The van der Waals surface area contributed by atoms with Crippen molar-refractivity contribution < 1.29 is 27.5 Å². The summed E-state index contributed by atoms with van der Waals surface area (Å²) in [5.41, 5.74) is 0.914. The van der Waals surface area contributed by atoms with Crippen LogP contribution in [0.4, 0.5) is 5.69 Å². The number of hydrogen-bond acceptors (Lipinski definition) is 6. The van der Waals surface area contributed by atoms with Gasteiger partial charge < -0.3 is 9.47 Å². The Morgan fingerprint density at radius 3 is 2.27 bits per heavy atom. The van der Waals surface area contributed by atoms with Crippen molar-refractivity contribution in [1.29, 1.82) is 0 Å². The minimum atomic E-state index is -3.39. The molecular formula is C18H19NO6S. The van der Waals surface area contributed by atoms with Crippen LogP contribution in [0, 0.1) is 0 Å². The van der Waals surface area contributed by atoms with Gasteiger partial charge in [0, 0.05) is 11.3 Å². The Morgan fingerprint density at radius 2 is 1.69 bits per heavy atom. The lowest BCUT2D eigenvalue weighted by Gasteiger charge is -2.13. The average molecular weight is 377 g/mol. The van der Waals surface area contributed by atoms with Gasteiger partial charge in [-0.05, 0) is 49.4 Å². The molecule has 0 radical (unpaired) electrons. The molecule has 2 aromatic rings. The number of sulfonamides is 1. The smallest absolute Gasteiger partial charge is 0.338 e. The van der Waals surface area contributed by atoms with Gasteiger partial charge in [0.1, 0.15) is 5.75 Å². The van der Waals surface area contributed by atoms with Crippen LogP contribution in [0.25, 0.3) is 0 Å². The number of carbonyl (C=O) groups is 2. The van der Waals surface area contributed by atoms with Crippen LogP contribution in [0.3, 0.4) is 0 Å². The van der Waals surface area contributed by atoms with Crippen LogP contribution in [0.2, 0.25) is 0 Å². The number of hydrogen-bond donors (Lipinski definition) is 1. The van der Waals surface area contributed by atoms with Crippen molar-refractivity contribution in [3.05, 3.63) is 59.7 Å². The van der Waals surface area contributed by atoms with Crippen LogP contribution in [-0.2, 0) is 14.8 Å². The monoisotopic (exact) mass is 377 g/mol. The first-order valence-electron chi connectivity index (χ1n) is 7.66. The maximum atomic E-state index is 12.4. The average Bonchev–Trinajstić information content (AvgIpc) is 2.60. The molecule has 2 aromatic carbocycles. The third-order valence-electron chi connectivity index (χ3n) is 3.43. The molecule has 26 heavy (non-hydrogen) atoms. The Kier molecular flexibility index (Phi) is 5.99. The van der Waals surface area contributed by atoms with Gasteiger partial charge in [0.15, 0.2) is 6.10 Å². The van der Waals surface area contributed by atoms with E-state index in [1.807, 2.05) is 0 Å². The van der Waals surface area contributed by atoms with Crippen LogP contribution in [0.15, 0.2) is 48.5 Å². The van der Waals surface area contributed by atoms with Crippen LogP contribution in [0.5, 0.6) is 5.75 Å². The van der Waals surface area contributed by atoms with E-state index in [2.05, 4.69) is 4.72 Å². The number of benzene rings is 2. The lowest BCUT2D eigenvalue weighted by atomic mass is 10.1. The molecule has 0 aliphatic heterocycles. The molecule has 8 heteroatoms. The first-order valence-corrected chi connectivity index (χ1v) is 9.56. The predicted octanol–water partition coefficient (Wildman–Crippen LogP) is 2.49. The Hall–Kier alpha value is -2.87.